The van der Waals surface area contributed by atoms with Crippen molar-refractivity contribution in [3.8, 4) is 0 Å². The monoisotopic (exact) mass is 276 g/mol. The van der Waals surface area contributed by atoms with E-state index < -0.39 is 5.97 Å². The molecule has 0 spiro atoms. The molecule has 1 aromatic carbocycles. The quantitative estimate of drug-likeness (QED) is 0.838. The molecular formula is C15H16O3S. The minimum absolute atomic E-state index is 0.0115. The first-order chi connectivity index (χ1) is 8.97. The van der Waals surface area contributed by atoms with Crippen LogP contribution in [-0.2, 0) is 0 Å². The number of carboxylic acid groups (broad SMARTS) is 1. The molecule has 1 N–H and O–H groups in total. The summed E-state index contributed by atoms with van der Waals surface area (Å²) in [5.41, 5.74) is 2.52. The molecule has 0 bridgehead atoms. The maximum atomic E-state index is 10.8. The Balaban J connectivity index is 2.13. The zero-order valence-electron chi connectivity index (χ0n) is 11.1. The lowest BCUT2D eigenvalue weighted by molar-refractivity contribution is 0.0660. The predicted molar refractivity (Wildman–Crippen MR) is 75.9 cm³/mol. The van der Waals surface area contributed by atoms with E-state index in [1.165, 1.54) is 17.2 Å². The van der Waals surface area contributed by atoms with Crippen LogP contribution in [0.3, 0.4) is 0 Å². The van der Waals surface area contributed by atoms with E-state index in [2.05, 4.69) is 32.0 Å². The summed E-state index contributed by atoms with van der Waals surface area (Å²) in [6, 6.07) is 9.52. The van der Waals surface area contributed by atoms with Crippen molar-refractivity contribution in [3.63, 3.8) is 0 Å². The van der Waals surface area contributed by atoms with Crippen LogP contribution in [0.5, 0.6) is 0 Å². The third kappa shape index (κ3) is 3.20. The van der Waals surface area contributed by atoms with Crippen LogP contribution in [0.25, 0.3) is 0 Å². The molecule has 3 nitrogen and oxygen atoms in total. The summed E-state index contributed by atoms with van der Waals surface area (Å²) in [6.07, 6.45) is 0. The fourth-order valence-corrected chi connectivity index (χ4v) is 2.78. The van der Waals surface area contributed by atoms with Crippen molar-refractivity contribution in [2.24, 2.45) is 0 Å². The molecular weight excluding hydrogens is 260 g/mol. The summed E-state index contributed by atoms with van der Waals surface area (Å²) >= 11 is 1.66. The molecule has 0 aliphatic carbocycles. The van der Waals surface area contributed by atoms with Crippen molar-refractivity contribution in [1.82, 2.24) is 0 Å². The molecule has 0 aliphatic rings. The third-order valence-electron chi connectivity index (χ3n) is 3.03. The van der Waals surface area contributed by atoms with Gasteiger partial charge in [0.05, 0.1) is 5.25 Å². The summed E-state index contributed by atoms with van der Waals surface area (Å²) in [7, 11) is 0. The minimum atomic E-state index is -1.03. The molecule has 0 fully saturated rings. The molecule has 1 atom stereocenters. The van der Waals surface area contributed by atoms with E-state index in [1.807, 2.05) is 6.92 Å². The molecule has 0 saturated carbocycles. The van der Waals surface area contributed by atoms with Gasteiger partial charge in [0.15, 0.2) is 0 Å². The number of furan rings is 1. The van der Waals surface area contributed by atoms with Crippen molar-refractivity contribution >= 4 is 17.7 Å². The van der Waals surface area contributed by atoms with Crippen LogP contribution >= 0.6 is 11.8 Å². The Labute approximate surface area is 116 Å². The van der Waals surface area contributed by atoms with Gasteiger partial charge in [-0.2, -0.15) is 0 Å². The van der Waals surface area contributed by atoms with E-state index >= 15 is 0 Å². The first kappa shape index (κ1) is 13.7. The average Bonchev–Trinajstić information content (AvgIpc) is 2.83. The Morgan fingerprint density at radius 3 is 2.53 bits per heavy atom. The van der Waals surface area contributed by atoms with E-state index in [1.54, 1.807) is 17.8 Å². The fourth-order valence-electron chi connectivity index (χ4n) is 1.74. The number of aromatic carboxylic acids is 1. The van der Waals surface area contributed by atoms with E-state index in [4.69, 9.17) is 9.52 Å². The Morgan fingerprint density at radius 2 is 1.95 bits per heavy atom. The van der Waals surface area contributed by atoms with Gasteiger partial charge >= 0.3 is 5.97 Å². The number of carboxylic acids is 1. The highest BCUT2D eigenvalue weighted by Crippen LogP contribution is 2.36. The highest BCUT2D eigenvalue weighted by Gasteiger charge is 2.15. The van der Waals surface area contributed by atoms with Crippen LogP contribution in [0.1, 0.15) is 39.6 Å². The molecule has 0 radical (unpaired) electrons. The maximum Gasteiger partial charge on any atom is 0.371 e. The van der Waals surface area contributed by atoms with Crippen molar-refractivity contribution in [2.45, 2.75) is 30.9 Å². The number of benzene rings is 1. The van der Waals surface area contributed by atoms with Crippen molar-refractivity contribution in [2.75, 3.05) is 0 Å². The van der Waals surface area contributed by atoms with Gasteiger partial charge in [-0.3, -0.25) is 0 Å². The average molecular weight is 276 g/mol. The van der Waals surface area contributed by atoms with Crippen LogP contribution in [0.2, 0.25) is 0 Å². The van der Waals surface area contributed by atoms with Crippen molar-refractivity contribution < 1.29 is 14.3 Å². The number of aryl methyl sites for hydroxylation is 2. The lowest BCUT2D eigenvalue weighted by atomic mass is 10.1. The van der Waals surface area contributed by atoms with Gasteiger partial charge in [0, 0.05) is 4.90 Å². The number of thioether (sulfide) groups is 1. The van der Waals surface area contributed by atoms with Gasteiger partial charge in [-0.15, -0.1) is 11.8 Å². The topological polar surface area (TPSA) is 50.4 Å². The van der Waals surface area contributed by atoms with E-state index in [-0.39, 0.29) is 11.0 Å². The normalized spacial score (nSPS) is 12.4. The molecule has 0 saturated heterocycles. The van der Waals surface area contributed by atoms with E-state index in [0.717, 1.165) is 4.90 Å². The van der Waals surface area contributed by atoms with Crippen LogP contribution in [0.4, 0.5) is 0 Å². The van der Waals surface area contributed by atoms with Crippen molar-refractivity contribution in [1.29, 1.82) is 0 Å². The second-order valence-electron chi connectivity index (χ2n) is 4.51. The summed E-state index contributed by atoms with van der Waals surface area (Å²) in [4.78, 5) is 11.9. The molecule has 0 amide bonds. The largest absolute Gasteiger partial charge is 0.475 e. The van der Waals surface area contributed by atoms with Gasteiger partial charge in [-0.25, -0.2) is 4.79 Å². The zero-order valence-corrected chi connectivity index (χ0v) is 12.0. The first-order valence-electron chi connectivity index (χ1n) is 6.04. The predicted octanol–water partition coefficient (Wildman–Crippen LogP) is 4.45. The smallest absolute Gasteiger partial charge is 0.371 e. The highest BCUT2D eigenvalue weighted by molar-refractivity contribution is 7.99. The van der Waals surface area contributed by atoms with E-state index in [9.17, 15) is 4.79 Å². The van der Waals surface area contributed by atoms with Gasteiger partial charge in [-0.05, 0) is 56.2 Å². The van der Waals surface area contributed by atoms with Crippen LogP contribution in [0.15, 0.2) is 39.6 Å². The Morgan fingerprint density at radius 1 is 1.21 bits per heavy atom. The second kappa shape index (κ2) is 5.53. The summed E-state index contributed by atoms with van der Waals surface area (Å²) in [6.45, 7) is 6.17. The van der Waals surface area contributed by atoms with Gasteiger partial charge in [0.1, 0.15) is 5.76 Å². The van der Waals surface area contributed by atoms with Crippen molar-refractivity contribution in [3.05, 3.63) is 53.0 Å². The molecule has 2 aromatic rings. The molecule has 1 unspecified atom stereocenters. The Bertz CT molecular complexity index is 601. The SMILES string of the molecule is Cc1ccc(SC(C)c2ccc(C(=O)O)o2)cc1C. The van der Waals surface area contributed by atoms with Gasteiger partial charge in [0.25, 0.3) is 0 Å². The third-order valence-corrected chi connectivity index (χ3v) is 4.14. The first-order valence-corrected chi connectivity index (χ1v) is 6.92. The van der Waals surface area contributed by atoms with Gasteiger partial charge < -0.3 is 9.52 Å². The van der Waals surface area contributed by atoms with Crippen LogP contribution in [-0.4, -0.2) is 11.1 Å². The lowest BCUT2D eigenvalue weighted by Gasteiger charge is -2.10. The molecule has 2 rings (SSSR count). The number of rotatable bonds is 4. The molecule has 1 aromatic heterocycles. The second-order valence-corrected chi connectivity index (χ2v) is 5.93. The van der Waals surface area contributed by atoms with Gasteiger partial charge in [0.2, 0.25) is 5.76 Å². The summed E-state index contributed by atoms with van der Waals surface area (Å²) < 4.78 is 5.31. The standard InChI is InChI=1S/C15H16O3S/c1-9-4-5-12(8-10(9)2)19-11(3)13-6-7-14(18-13)15(16)17/h4-8,11H,1-3H3,(H,16,17). The summed E-state index contributed by atoms with van der Waals surface area (Å²) in [5, 5.41) is 8.91. The molecule has 100 valence electrons. The fraction of sp³-hybridized carbons (Fsp3) is 0.267. The van der Waals surface area contributed by atoms with Gasteiger partial charge in [-0.1, -0.05) is 6.07 Å². The molecule has 19 heavy (non-hydrogen) atoms. The molecule has 1 heterocycles. The number of hydrogen-bond donors (Lipinski definition) is 1. The van der Waals surface area contributed by atoms with Crippen LogP contribution < -0.4 is 0 Å². The molecule has 0 aliphatic heterocycles. The minimum Gasteiger partial charge on any atom is -0.475 e. The van der Waals surface area contributed by atoms with E-state index in [0.29, 0.717) is 5.76 Å². The Kier molecular flexibility index (Phi) is 4.00. The number of hydrogen-bond acceptors (Lipinski definition) is 3. The zero-order chi connectivity index (χ0) is 14.0. The Hall–Kier alpha value is -1.68. The molecule has 4 heteroatoms. The maximum absolute atomic E-state index is 10.8. The summed E-state index contributed by atoms with van der Waals surface area (Å²) in [5.74, 6) is -0.363. The lowest BCUT2D eigenvalue weighted by Crippen LogP contribution is -1.92. The highest BCUT2D eigenvalue weighted by atomic mass is 32.2. The van der Waals surface area contributed by atoms with Crippen LogP contribution in [0, 0.1) is 13.8 Å². The number of carbonyl (C=O) groups is 1.